The van der Waals surface area contributed by atoms with E-state index in [0.29, 0.717) is 11.7 Å². The van der Waals surface area contributed by atoms with Crippen LogP contribution in [-0.4, -0.2) is 28.2 Å². The van der Waals surface area contributed by atoms with E-state index in [-0.39, 0.29) is 12.0 Å². The summed E-state index contributed by atoms with van der Waals surface area (Å²) in [5.74, 6) is 8.40. The molecule has 0 spiro atoms. The van der Waals surface area contributed by atoms with E-state index in [1.165, 1.54) is 0 Å². The van der Waals surface area contributed by atoms with E-state index < -0.39 is 0 Å². The molecule has 1 fully saturated rings. The third kappa shape index (κ3) is 3.58. The number of aliphatic hydroxyl groups is 1. The number of aromatic nitrogens is 2. The predicted octanol–water partition coefficient (Wildman–Crippen LogP) is 1.77. The lowest BCUT2D eigenvalue weighted by Crippen LogP contribution is -2.25. The van der Waals surface area contributed by atoms with Crippen molar-refractivity contribution < 1.29 is 5.11 Å². The molecule has 1 saturated carbocycles. The van der Waals surface area contributed by atoms with Crippen molar-refractivity contribution in [2.45, 2.75) is 46.0 Å². The maximum Gasteiger partial charge on any atom is 0.148 e. The number of hydrazine groups is 1. The lowest BCUT2D eigenvalue weighted by Gasteiger charge is -2.25. The molecule has 1 aromatic heterocycles. The highest BCUT2D eigenvalue weighted by Gasteiger charge is 2.28. The van der Waals surface area contributed by atoms with Crippen molar-refractivity contribution in [2.75, 3.05) is 23.9 Å². The Morgan fingerprint density at radius 3 is 2.50 bits per heavy atom. The van der Waals surface area contributed by atoms with Crippen LogP contribution in [-0.2, 0) is 0 Å². The number of rotatable bonds is 7. The predicted molar refractivity (Wildman–Crippen MR) is 80.5 cm³/mol. The molecule has 20 heavy (non-hydrogen) atoms. The van der Waals surface area contributed by atoms with Crippen LogP contribution in [0, 0.1) is 12.3 Å². The molecule has 5 N–H and O–H groups in total. The van der Waals surface area contributed by atoms with Crippen molar-refractivity contribution in [3.8, 4) is 0 Å². The lowest BCUT2D eigenvalue weighted by atomic mass is 9.90. The van der Waals surface area contributed by atoms with Gasteiger partial charge in [0.15, 0.2) is 0 Å². The van der Waals surface area contributed by atoms with Crippen LogP contribution >= 0.6 is 0 Å². The van der Waals surface area contributed by atoms with Gasteiger partial charge in [-0.05, 0) is 31.6 Å². The molecule has 6 nitrogen and oxygen atoms in total. The number of nitrogen functional groups attached to an aromatic ring is 1. The van der Waals surface area contributed by atoms with E-state index >= 15 is 0 Å². The first-order valence-corrected chi connectivity index (χ1v) is 7.17. The van der Waals surface area contributed by atoms with E-state index in [2.05, 4.69) is 34.6 Å². The Kier molecular flexibility index (Phi) is 4.45. The summed E-state index contributed by atoms with van der Waals surface area (Å²) in [6.45, 7) is 7.14. The van der Waals surface area contributed by atoms with Gasteiger partial charge in [0, 0.05) is 24.6 Å². The van der Waals surface area contributed by atoms with E-state index in [1.54, 1.807) is 0 Å². The molecule has 112 valence electrons. The topological polar surface area (TPSA) is 96.1 Å². The lowest BCUT2D eigenvalue weighted by molar-refractivity contribution is 0.220. The molecular weight excluding hydrogens is 254 g/mol. The Morgan fingerprint density at radius 1 is 1.30 bits per heavy atom. The number of nitrogens with two attached hydrogens (primary N) is 1. The third-order valence-electron chi connectivity index (χ3n) is 3.77. The maximum absolute atomic E-state index is 9.08. The zero-order valence-electron chi connectivity index (χ0n) is 12.5. The summed E-state index contributed by atoms with van der Waals surface area (Å²) in [7, 11) is 0. The number of anilines is 2. The standard InChI is InChI=1S/C14H25N5O/c1-9-11(16-8-14(2,3)6-7-20)17-13(10-4-5-10)18-12(9)19-15/h10,20H,4-8,15H2,1-3H3,(H2,16,17,18,19). The van der Waals surface area contributed by atoms with E-state index in [1.807, 2.05) is 6.92 Å². The fourth-order valence-corrected chi connectivity index (χ4v) is 2.08. The largest absolute Gasteiger partial charge is 0.396 e. The van der Waals surface area contributed by atoms with Crippen molar-refractivity contribution in [2.24, 2.45) is 11.3 Å². The number of hydrogen-bond donors (Lipinski definition) is 4. The Morgan fingerprint density at radius 2 is 1.95 bits per heavy atom. The number of nitrogens with one attached hydrogen (secondary N) is 2. The molecule has 1 aromatic rings. The fourth-order valence-electron chi connectivity index (χ4n) is 2.08. The molecule has 0 aliphatic heterocycles. The molecule has 1 heterocycles. The van der Waals surface area contributed by atoms with Crippen LogP contribution in [0.1, 0.15) is 50.4 Å². The van der Waals surface area contributed by atoms with Crippen molar-refractivity contribution in [1.29, 1.82) is 0 Å². The summed E-state index contributed by atoms with van der Waals surface area (Å²) in [5, 5.41) is 12.5. The van der Waals surface area contributed by atoms with Gasteiger partial charge in [0.25, 0.3) is 0 Å². The zero-order valence-corrected chi connectivity index (χ0v) is 12.5. The molecule has 1 aliphatic carbocycles. The molecule has 0 radical (unpaired) electrons. The highest BCUT2D eigenvalue weighted by Crippen LogP contribution is 2.39. The second kappa shape index (κ2) is 5.93. The van der Waals surface area contributed by atoms with Crippen LogP contribution in [0.25, 0.3) is 0 Å². The van der Waals surface area contributed by atoms with Gasteiger partial charge < -0.3 is 15.8 Å². The second-order valence-corrected chi connectivity index (χ2v) is 6.31. The Labute approximate surface area is 120 Å². The SMILES string of the molecule is Cc1c(NN)nc(C2CC2)nc1NCC(C)(C)CCO. The van der Waals surface area contributed by atoms with Crippen LogP contribution in [0.15, 0.2) is 0 Å². The minimum absolute atomic E-state index is 0.0161. The van der Waals surface area contributed by atoms with Crippen LogP contribution in [0.5, 0.6) is 0 Å². The van der Waals surface area contributed by atoms with Gasteiger partial charge >= 0.3 is 0 Å². The number of hydrogen-bond acceptors (Lipinski definition) is 6. The summed E-state index contributed by atoms with van der Waals surface area (Å²) < 4.78 is 0. The smallest absolute Gasteiger partial charge is 0.148 e. The zero-order chi connectivity index (χ0) is 14.8. The normalized spacial score (nSPS) is 15.2. The minimum atomic E-state index is 0.0161. The van der Waals surface area contributed by atoms with Crippen LogP contribution in [0.3, 0.4) is 0 Å². The van der Waals surface area contributed by atoms with E-state index in [9.17, 15) is 0 Å². The van der Waals surface area contributed by atoms with Gasteiger partial charge in [0.05, 0.1) is 0 Å². The summed E-state index contributed by atoms with van der Waals surface area (Å²) in [4.78, 5) is 9.09. The average molecular weight is 279 g/mol. The van der Waals surface area contributed by atoms with Gasteiger partial charge in [-0.25, -0.2) is 15.8 Å². The summed E-state index contributed by atoms with van der Waals surface area (Å²) in [6, 6.07) is 0. The third-order valence-corrected chi connectivity index (χ3v) is 3.77. The molecule has 6 heteroatoms. The Hall–Kier alpha value is -1.40. The molecular formula is C14H25N5O. The van der Waals surface area contributed by atoms with E-state index in [4.69, 9.17) is 10.9 Å². The van der Waals surface area contributed by atoms with Gasteiger partial charge in [-0.2, -0.15) is 0 Å². The summed E-state index contributed by atoms with van der Waals surface area (Å²) in [5.41, 5.74) is 3.59. The second-order valence-electron chi connectivity index (χ2n) is 6.31. The van der Waals surface area contributed by atoms with Crippen molar-refractivity contribution >= 4 is 11.6 Å². The molecule has 0 aromatic carbocycles. The quantitative estimate of drug-likeness (QED) is 0.449. The van der Waals surface area contributed by atoms with Gasteiger partial charge in [0.1, 0.15) is 17.5 Å². The monoisotopic (exact) mass is 279 g/mol. The first-order chi connectivity index (χ1) is 9.46. The fraction of sp³-hybridized carbons (Fsp3) is 0.714. The summed E-state index contributed by atoms with van der Waals surface area (Å²) >= 11 is 0. The highest BCUT2D eigenvalue weighted by atomic mass is 16.3. The molecule has 1 aliphatic rings. The number of nitrogens with zero attached hydrogens (tertiary/aromatic N) is 2. The van der Waals surface area contributed by atoms with Gasteiger partial charge in [-0.15, -0.1) is 0 Å². The van der Waals surface area contributed by atoms with E-state index in [0.717, 1.165) is 43.0 Å². The molecule has 0 unspecified atom stereocenters. The van der Waals surface area contributed by atoms with Gasteiger partial charge in [-0.1, -0.05) is 13.8 Å². The highest BCUT2D eigenvalue weighted by molar-refractivity contribution is 5.57. The first-order valence-electron chi connectivity index (χ1n) is 7.17. The van der Waals surface area contributed by atoms with Crippen LogP contribution < -0.4 is 16.6 Å². The average Bonchev–Trinajstić information content (AvgIpc) is 3.22. The molecule has 2 rings (SSSR count). The van der Waals surface area contributed by atoms with Gasteiger partial charge in [0.2, 0.25) is 0 Å². The van der Waals surface area contributed by atoms with Crippen LogP contribution in [0.2, 0.25) is 0 Å². The molecule has 0 atom stereocenters. The minimum Gasteiger partial charge on any atom is -0.396 e. The maximum atomic E-state index is 9.08. The summed E-state index contributed by atoms with van der Waals surface area (Å²) in [6.07, 6.45) is 3.06. The Balaban J connectivity index is 2.15. The Bertz CT molecular complexity index is 471. The van der Waals surface area contributed by atoms with Crippen molar-refractivity contribution in [3.05, 3.63) is 11.4 Å². The molecule has 0 amide bonds. The number of aliphatic hydroxyl groups excluding tert-OH is 1. The first kappa shape index (κ1) is 15.0. The van der Waals surface area contributed by atoms with Crippen molar-refractivity contribution in [1.82, 2.24) is 9.97 Å². The van der Waals surface area contributed by atoms with Crippen molar-refractivity contribution in [3.63, 3.8) is 0 Å². The van der Waals surface area contributed by atoms with Gasteiger partial charge in [-0.3, -0.25) is 0 Å². The molecule has 0 saturated heterocycles. The van der Waals surface area contributed by atoms with Crippen LogP contribution in [0.4, 0.5) is 11.6 Å². The molecule has 0 bridgehead atoms.